The van der Waals surface area contributed by atoms with Gasteiger partial charge in [0.05, 0.1) is 12.3 Å². The highest BCUT2D eigenvalue weighted by molar-refractivity contribution is 6.30. The number of nitrogens with zero attached hydrogens (tertiary/aromatic N) is 3. The van der Waals surface area contributed by atoms with Crippen molar-refractivity contribution in [3.63, 3.8) is 0 Å². The lowest BCUT2D eigenvalue weighted by atomic mass is 10.2. The number of methoxy groups -OCH3 is 1. The van der Waals surface area contributed by atoms with Gasteiger partial charge in [0, 0.05) is 44.0 Å². The second-order valence-corrected chi connectivity index (χ2v) is 6.79. The third-order valence-corrected chi connectivity index (χ3v) is 4.43. The van der Waals surface area contributed by atoms with E-state index in [1.165, 1.54) is 0 Å². The van der Waals surface area contributed by atoms with Crippen molar-refractivity contribution in [1.82, 2.24) is 14.3 Å². The van der Waals surface area contributed by atoms with Gasteiger partial charge in [0.2, 0.25) is 0 Å². The van der Waals surface area contributed by atoms with Crippen LogP contribution in [0.25, 0.3) is 5.65 Å². The van der Waals surface area contributed by atoms with E-state index in [2.05, 4.69) is 9.88 Å². The second-order valence-electron chi connectivity index (χ2n) is 6.35. The Kier molecular flexibility index (Phi) is 6.04. The van der Waals surface area contributed by atoms with Gasteiger partial charge in [-0.1, -0.05) is 29.8 Å². The van der Waals surface area contributed by atoms with E-state index >= 15 is 0 Å². The summed E-state index contributed by atoms with van der Waals surface area (Å²) in [5.41, 5.74) is 3.53. The molecule has 0 N–H and O–H groups in total. The summed E-state index contributed by atoms with van der Waals surface area (Å²) in [5.74, 6) is 0. The molecule has 0 atom stereocenters. The Morgan fingerprint density at radius 1 is 1.15 bits per heavy atom. The Balaban J connectivity index is 1.83. The van der Waals surface area contributed by atoms with Gasteiger partial charge in [-0.2, -0.15) is 0 Å². The molecule has 0 radical (unpaired) electrons. The van der Waals surface area contributed by atoms with Gasteiger partial charge in [0.25, 0.3) is 5.56 Å². The molecule has 1 aromatic carbocycles. The molecule has 0 amide bonds. The summed E-state index contributed by atoms with van der Waals surface area (Å²) in [4.78, 5) is 19.3. The van der Waals surface area contributed by atoms with E-state index in [4.69, 9.17) is 16.3 Å². The van der Waals surface area contributed by atoms with Crippen LogP contribution >= 0.6 is 11.6 Å². The van der Waals surface area contributed by atoms with Crippen LogP contribution in [0.1, 0.15) is 16.8 Å². The number of ether oxygens (including phenoxy) is 1. The fourth-order valence-electron chi connectivity index (χ4n) is 2.85. The molecule has 136 valence electrons. The Morgan fingerprint density at radius 2 is 1.92 bits per heavy atom. The molecular weight excluding hydrogens is 350 g/mol. The molecule has 0 aliphatic rings. The molecular formula is C20H22ClN3O2. The van der Waals surface area contributed by atoms with Crippen molar-refractivity contribution in [2.75, 3.05) is 20.3 Å². The summed E-state index contributed by atoms with van der Waals surface area (Å²) in [7, 11) is 1.68. The molecule has 0 aliphatic heterocycles. The number of benzene rings is 1. The van der Waals surface area contributed by atoms with Crippen LogP contribution in [-0.2, 0) is 17.8 Å². The third kappa shape index (κ3) is 4.69. The summed E-state index contributed by atoms with van der Waals surface area (Å²) in [6, 6.07) is 13.2. The molecule has 0 saturated carbocycles. The number of aryl methyl sites for hydroxylation is 1. The van der Waals surface area contributed by atoms with Crippen LogP contribution in [0.2, 0.25) is 5.02 Å². The molecule has 6 heteroatoms. The van der Waals surface area contributed by atoms with Gasteiger partial charge in [-0.05, 0) is 36.2 Å². The predicted octanol–water partition coefficient (Wildman–Crippen LogP) is 3.30. The Hall–Kier alpha value is -2.21. The van der Waals surface area contributed by atoms with E-state index in [0.29, 0.717) is 18.8 Å². The lowest BCUT2D eigenvalue weighted by Crippen LogP contribution is -2.28. The predicted molar refractivity (Wildman–Crippen MR) is 104 cm³/mol. The molecule has 3 aromatic rings. The first kappa shape index (κ1) is 18.6. The highest BCUT2D eigenvalue weighted by Crippen LogP contribution is 2.13. The molecule has 0 fully saturated rings. The van der Waals surface area contributed by atoms with Gasteiger partial charge < -0.3 is 4.74 Å². The first-order chi connectivity index (χ1) is 12.5. The smallest absolute Gasteiger partial charge is 0.258 e. The molecule has 0 spiro atoms. The Labute approximate surface area is 157 Å². The molecule has 0 unspecified atom stereocenters. The number of pyridine rings is 1. The summed E-state index contributed by atoms with van der Waals surface area (Å²) >= 11 is 5.96. The fourth-order valence-corrected chi connectivity index (χ4v) is 2.98. The zero-order chi connectivity index (χ0) is 18.5. The summed E-state index contributed by atoms with van der Waals surface area (Å²) < 4.78 is 6.81. The first-order valence-corrected chi connectivity index (χ1v) is 8.87. The van der Waals surface area contributed by atoms with Gasteiger partial charge in [-0.25, -0.2) is 4.98 Å². The van der Waals surface area contributed by atoms with Gasteiger partial charge in [-0.15, -0.1) is 0 Å². The van der Waals surface area contributed by atoms with Crippen molar-refractivity contribution in [2.45, 2.75) is 20.0 Å². The number of fused-ring (bicyclic) bond motifs is 1. The normalized spacial score (nSPS) is 11.4. The topological polar surface area (TPSA) is 46.8 Å². The molecule has 3 rings (SSSR count). The largest absolute Gasteiger partial charge is 0.383 e. The van der Waals surface area contributed by atoms with E-state index in [9.17, 15) is 4.79 Å². The number of hydrogen-bond donors (Lipinski definition) is 0. The van der Waals surface area contributed by atoms with Crippen LogP contribution in [0, 0.1) is 6.92 Å². The van der Waals surface area contributed by atoms with Crippen LogP contribution in [-0.4, -0.2) is 34.5 Å². The molecule has 2 heterocycles. The number of rotatable bonds is 7. The Morgan fingerprint density at radius 3 is 2.65 bits per heavy atom. The van der Waals surface area contributed by atoms with E-state index < -0.39 is 0 Å². The van der Waals surface area contributed by atoms with Crippen molar-refractivity contribution < 1.29 is 4.74 Å². The monoisotopic (exact) mass is 371 g/mol. The van der Waals surface area contributed by atoms with E-state index in [1.807, 2.05) is 49.5 Å². The number of halogens is 1. The minimum Gasteiger partial charge on any atom is -0.383 e. The van der Waals surface area contributed by atoms with Gasteiger partial charge in [0.15, 0.2) is 0 Å². The van der Waals surface area contributed by atoms with Gasteiger partial charge >= 0.3 is 0 Å². The van der Waals surface area contributed by atoms with Crippen LogP contribution in [0.15, 0.2) is 53.5 Å². The molecule has 5 nitrogen and oxygen atoms in total. The first-order valence-electron chi connectivity index (χ1n) is 8.50. The minimum absolute atomic E-state index is 0.0631. The van der Waals surface area contributed by atoms with Gasteiger partial charge in [0.1, 0.15) is 5.65 Å². The molecule has 26 heavy (non-hydrogen) atoms. The maximum absolute atomic E-state index is 12.4. The Bertz CT molecular complexity index is 938. The quantitative estimate of drug-likeness (QED) is 0.639. The molecule has 2 aromatic heterocycles. The number of hydrogen-bond acceptors (Lipinski definition) is 4. The van der Waals surface area contributed by atoms with Crippen molar-refractivity contribution >= 4 is 17.2 Å². The van der Waals surface area contributed by atoms with Gasteiger partial charge in [-0.3, -0.25) is 14.1 Å². The summed E-state index contributed by atoms with van der Waals surface area (Å²) in [5, 5.41) is 0.719. The SMILES string of the molecule is COCCN(Cc1ccc(Cl)cc1)Cc1cc(=O)n2cc(C)ccc2n1. The maximum atomic E-state index is 12.4. The summed E-state index contributed by atoms with van der Waals surface area (Å²) in [6.45, 7) is 4.62. The molecule has 0 bridgehead atoms. The summed E-state index contributed by atoms with van der Waals surface area (Å²) in [6.07, 6.45) is 1.81. The highest BCUT2D eigenvalue weighted by atomic mass is 35.5. The zero-order valence-electron chi connectivity index (χ0n) is 15.0. The van der Waals surface area contributed by atoms with Crippen molar-refractivity contribution in [3.8, 4) is 0 Å². The van der Waals surface area contributed by atoms with Crippen LogP contribution in [0.4, 0.5) is 0 Å². The third-order valence-electron chi connectivity index (χ3n) is 4.18. The van der Waals surface area contributed by atoms with Crippen molar-refractivity contribution in [1.29, 1.82) is 0 Å². The minimum atomic E-state index is -0.0631. The lowest BCUT2D eigenvalue weighted by Gasteiger charge is -2.22. The zero-order valence-corrected chi connectivity index (χ0v) is 15.7. The van der Waals surface area contributed by atoms with Crippen LogP contribution in [0.5, 0.6) is 0 Å². The number of aromatic nitrogens is 2. The average Bonchev–Trinajstić information content (AvgIpc) is 2.62. The fraction of sp³-hybridized carbons (Fsp3) is 0.300. The van der Waals surface area contributed by atoms with E-state index in [0.717, 1.165) is 34.9 Å². The molecule has 0 saturated heterocycles. The van der Waals surface area contributed by atoms with E-state index in [-0.39, 0.29) is 5.56 Å². The van der Waals surface area contributed by atoms with Crippen LogP contribution in [0.3, 0.4) is 0 Å². The molecule has 0 aliphatic carbocycles. The van der Waals surface area contributed by atoms with Crippen molar-refractivity contribution in [3.05, 3.63) is 80.9 Å². The average molecular weight is 372 g/mol. The highest BCUT2D eigenvalue weighted by Gasteiger charge is 2.10. The second kappa shape index (κ2) is 8.45. The van der Waals surface area contributed by atoms with E-state index in [1.54, 1.807) is 17.6 Å². The van der Waals surface area contributed by atoms with Crippen LogP contribution < -0.4 is 5.56 Å². The lowest BCUT2D eigenvalue weighted by molar-refractivity contribution is 0.139. The standard InChI is InChI=1S/C20H22ClN3O2/c1-15-3-8-19-22-18(11-20(25)24(19)12-15)14-23(9-10-26-2)13-16-4-6-17(21)7-5-16/h3-8,11-12H,9-10,13-14H2,1-2H3. The maximum Gasteiger partial charge on any atom is 0.258 e. The van der Waals surface area contributed by atoms with Crippen molar-refractivity contribution in [2.24, 2.45) is 0 Å².